The van der Waals surface area contributed by atoms with Crippen LogP contribution in [0.4, 0.5) is 0 Å². The summed E-state index contributed by atoms with van der Waals surface area (Å²) in [5.74, 6) is 6.19. The van der Waals surface area contributed by atoms with Crippen LogP contribution in [0.15, 0.2) is 0 Å². The van der Waals surface area contributed by atoms with Crippen molar-refractivity contribution >= 4 is 0 Å². The number of hydrogen-bond acceptors (Lipinski definition) is 0. The maximum Gasteiger partial charge on any atom is -0.0352 e. The molecular formula is C18H34. The second-order valence-electron chi connectivity index (χ2n) is 7.48. The second-order valence-corrected chi connectivity index (χ2v) is 7.48. The molecule has 0 amide bonds. The van der Waals surface area contributed by atoms with Gasteiger partial charge in [-0.05, 0) is 54.8 Å². The third kappa shape index (κ3) is 3.11. The molecule has 2 aliphatic rings. The van der Waals surface area contributed by atoms with Gasteiger partial charge in [0.25, 0.3) is 0 Å². The Kier molecular flexibility index (Phi) is 5.15. The van der Waals surface area contributed by atoms with E-state index >= 15 is 0 Å². The van der Waals surface area contributed by atoms with Crippen LogP contribution in [0.5, 0.6) is 0 Å². The lowest BCUT2D eigenvalue weighted by atomic mass is 9.60. The fraction of sp³-hybridized carbons (Fsp3) is 1.00. The summed E-state index contributed by atoms with van der Waals surface area (Å²) in [5, 5.41) is 0. The van der Waals surface area contributed by atoms with Crippen LogP contribution in [-0.4, -0.2) is 0 Å². The van der Waals surface area contributed by atoms with Gasteiger partial charge in [0.1, 0.15) is 0 Å². The first-order valence-corrected chi connectivity index (χ1v) is 8.65. The average molecular weight is 250 g/mol. The van der Waals surface area contributed by atoms with Gasteiger partial charge in [0.2, 0.25) is 0 Å². The summed E-state index contributed by atoms with van der Waals surface area (Å²) >= 11 is 0. The van der Waals surface area contributed by atoms with Crippen LogP contribution in [0.1, 0.15) is 79.1 Å². The molecule has 106 valence electrons. The molecule has 0 aromatic rings. The first-order chi connectivity index (χ1) is 8.65. The molecule has 0 heterocycles. The van der Waals surface area contributed by atoms with Crippen molar-refractivity contribution in [1.82, 2.24) is 0 Å². The molecule has 18 heavy (non-hydrogen) atoms. The van der Waals surface area contributed by atoms with Gasteiger partial charge in [0.15, 0.2) is 0 Å². The summed E-state index contributed by atoms with van der Waals surface area (Å²) < 4.78 is 0. The Morgan fingerprint density at radius 2 is 1.56 bits per heavy atom. The minimum atomic E-state index is 0.991. The number of hydrogen-bond donors (Lipinski definition) is 0. The SMILES string of the molecule is CCC1CCC(CC)C(C2CC(C)CCC2C)C1. The highest BCUT2D eigenvalue weighted by Gasteiger charge is 2.38. The largest absolute Gasteiger partial charge is 0.0651 e. The molecule has 2 fully saturated rings. The molecule has 0 N–H and O–H groups in total. The minimum absolute atomic E-state index is 0.991. The van der Waals surface area contributed by atoms with Crippen LogP contribution in [0.3, 0.4) is 0 Å². The van der Waals surface area contributed by atoms with E-state index in [2.05, 4.69) is 27.7 Å². The Morgan fingerprint density at radius 1 is 0.778 bits per heavy atom. The van der Waals surface area contributed by atoms with Crippen molar-refractivity contribution in [1.29, 1.82) is 0 Å². The molecule has 2 rings (SSSR count). The maximum absolute atomic E-state index is 2.54. The molecule has 0 bridgehead atoms. The fourth-order valence-corrected chi connectivity index (χ4v) is 4.93. The fourth-order valence-electron chi connectivity index (χ4n) is 4.93. The molecule has 0 nitrogen and oxygen atoms in total. The van der Waals surface area contributed by atoms with Gasteiger partial charge in [-0.3, -0.25) is 0 Å². The molecule has 0 aromatic carbocycles. The summed E-state index contributed by atoms with van der Waals surface area (Å²) in [5.41, 5.74) is 0. The van der Waals surface area contributed by atoms with Crippen molar-refractivity contribution < 1.29 is 0 Å². The van der Waals surface area contributed by atoms with Crippen molar-refractivity contribution in [3.05, 3.63) is 0 Å². The highest BCUT2D eigenvalue weighted by atomic mass is 14.4. The Labute approximate surface area is 115 Å². The van der Waals surface area contributed by atoms with E-state index in [0.717, 1.165) is 35.5 Å². The van der Waals surface area contributed by atoms with E-state index in [9.17, 15) is 0 Å². The predicted molar refractivity (Wildman–Crippen MR) is 80.6 cm³/mol. The summed E-state index contributed by atoms with van der Waals surface area (Å²) in [4.78, 5) is 0. The van der Waals surface area contributed by atoms with Crippen molar-refractivity contribution in [2.24, 2.45) is 35.5 Å². The maximum atomic E-state index is 2.54. The molecule has 2 saturated carbocycles. The van der Waals surface area contributed by atoms with Crippen molar-refractivity contribution in [3.8, 4) is 0 Å². The summed E-state index contributed by atoms with van der Waals surface area (Å²) in [6, 6.07) is 0. The Balaban J connectivity index is 2.06. The van der Waals surface area contributed by atoms with Crippen LogP contribution in [0.25, 0.3) is 0 Å². The minimum Gasteiger partial charge on any atom is -0.0651 e. The van der Waals surface area contributed by atoms with Crippen molar-refractivity contribution in [2.45, 2.75) is 79.1 Å². The number of rotatable bonds is 3. The zero-order valence-electron chi connectivity index (χ0n) is 13.1. The lowest BCUT2D eigenvalue weighted by molar-refractivity contribution is 0.0470. The monoisotopic (exact) mass is 250 g/mol. The van der Waals surface area contributed by atoms with Gasteiger partial charge >= 0.3 is 0 Å². The van der Waals surface area contributed by atoms with Crippen LogP contribution < -0.4 is 0 Å². The summed E-state index contributed by atoms with van der Waals surface area (Å²) in [7, 11) is 0. The van der Waals surface area contributed by atoms with Crippen molar-refractivity contribution in [3.63, 3.8) is 0 Å². The van der Waals surface area contributed by atoms with Crippen molar-refractivity contribution in [2.75, 3.05) is 0 Å². The highest BCUT2D eigenvalue weighted by molar-refractivity contribution is 4.88. The molecule has 2 aliphatic carbocycles. The van der Waals surface area contributed by atoms with Gasteiger partial charge in [0, 0.05) is 0 Å². The average Bonchev–Trinajstić information content (AvgIpc) is 2.40. The van der Waals surface area contributed by atoms with Crippen LogP contribution in [-0.2, 0) is 0 Å². The summed E-state index contributed by atoms with van der Waals surface area (Å²) in [6.45, 7) is 9.86. The predicted octanol–water partition coefficient (Wildman–Crippen LogP) is 5.91. The topological polar surface area (TPSA) is 0 Å². The zero-order chi connectivity index (χ0) is 13.1. The van der Waals surface area contributed by atoms with Gasteiger partial charge in [-0.2, -0.15) is 0 Å². The second kappa shape index (κ2) is 6.44. The van der Waals surface area contributed by atoms with E-state index < -0.39 is 0 Å². The zero-order valence-corrected chi connectivity index (χ0v) is 13.1. The van der Waals surface area contributed by atoms with Gasteiger partial charge in [-0.1, -0.05) is 59.8 Å². The van der Waals surface area contributed by atoms with Gasteiger partial charge in [-0.25, -0.2) is 0 Å². The van der Waals surface area contributed by atoms with E-state index in [1.807, 2.05) is 0 Å². The van der Waals surface area contributed by atoms with E-state index in [1.165, 1.54) is 44.9 Å². The molecular weight excluding hydrogens is 216 g/mol. The van der Waals surface area contributed by atoms with E-state index in [0.29, 0.717) is 0 Å². The lowest BCUT2D eigenvalue weighted by Crippen LogP contribution is -2.36. The molecule has 0 saturated heterocycles. The molecule has 0 heteroatoms. The standard InChI is InChI=1S/C18H34/c1-5-15-9-10-16(6-2)18(12-15)17-11-13(3)7-8-14(17)4/h13-18H,5-12H2,1-4H3. The Hall–Kier alpha value is 0. The van der Waals surface area contributed by atoms with Crippen LogP contribution in [0.2, 0.25) is 0 Å². The first kappa shape index (κ1) is 14.4. The molecule has 0 radical (unpaired) electrons. The summed E-state index contributed by atoms with van der Waals surface area (Å²) in [6.07, 6.45) is 11.9. The van der Waals surface area contributed by atoms with Gasteiger partial charge in [-0.15, -0.1) is 0 Å². The molecule has 0 aromatic heterocycles. The third-order valence-corrected chi connectivity index (χ3v) is 6.33. The quantitative estimate of drug-likeness (QED) is 0.584. The molecule has 0 spiro atoms. The lowest BCUT2D eigenvalue weighted by Gasteiger charge is -2.45. The molecule has 6 unspecified atom stereocenters. The highest BCUT2D eigenvalue weighted by Crippen LogP contribution is 2.48. The van der Waals surface area contributed by atoms with Gasteiger partial charge in [0.05, 0.1) is 0 Å². The van der Waals surface area contributed by atoms with E-state index in [1.54, 1.807) is 6.42 Å². The smallest absolute Gasteiger partial charge is 0.0352 e. The Morgan fingerprint density at radius 3 is 2.22 bits per heavy atom. The Bertz CT molecular complexity index is 244. The normalized spacial score (nSPS) is 46.0. The van der Waals surface area contributed by atoms with E-state index in [-0.39, 0.29) is 0 Å². The van der Waals surface area contributed by atoms with E-state index in [4.69, 9.17) is 0 Å². The van der Waals surface area contributed by atoms with Gasteiger partial charge < -0.3 is 0 Å². The first-order valence-electron chi connectivity index (χ1n) is 8.65. The molecule has 6 atom stereocenters. The van der Waals surface area contributed by atoms with Crippen LogP contribution >= 0.6 is 0 Å². The van der Waals surface area contributed by atoms with Crippen LogP contribution in [0, 0.1) is 35.5 Å². The third-order valence-electron chi connectivity index (χ3n) is 6.33. The molecule has 0 aliphatic heterocycles.